The number of aliphatic carboxylic acids is 1. The Labute approximate surface area is 105 Å². The Morgan fingerprint density at radius 3 is 2.68 bits per heavy atom. The van der Waals surface area contributed by atoms with E-state index in [-0.39, 0.29) is 11.2 Å². The SMILES string of the molecule is O=C(O)CNc1ncnc2ccc(C(F)(F)F)cc12. The number of aromatic nitrogens is 2. The average molecular weight is 271 g/mol. The van der Waals surface area contributed by atoms with Crippen molar-refractivity contribution in [2.75, 3.05) is 11.9 Å². The van der Waals surface area contributed by atoms with Crippen molar-refractivity contribution in [1.29, 1.82) is 0 Å². The largest absolute Gasteiger partial charge is 0.480 e. The van der Waals surface area contributed by atoms with E-state index >= 15 is 0 Å². The first-order valence-corrected chi connectivity index (χ1v) is 5.15. The van der Waals surface area contributed by atoms with Crippen LogP contribution in [0.3, 0.4) is 0 Å². The van der Waals surface area contributed by atoms with Crippen molar-refractivity contribution in [2.45, 2.75) is 6.18 Å². The molecule has 0 aliphatic carbocycles. The highest BCUT2D eigenvalue weighted by atomic mass is 19.4. The molecule has 100 valence electrons. The highest BCUT2D eigenvalue weighted by Crippen LogP contribution is 2.32. The van der Waals surface area contributed by atoms with Gasteiger partial charge in [0.05, 0.1) is 11.1 Å². The molecule has 0 amide bonds. The molecule has 0 bridgehead atoms. The maximum atomic E-state index is 12.6. The van der Waals surface area contributed by atoms with Crippen LogP contribution in [0.15, 0.2) is 24.5 Å². The van der Waals surface area contributed by atoms with Gasteiger partial charge in [0.25, 0.3) is 0 Å². The molecular formula is C11H8F3N3O2. The van der Waals surface area contributed by atoms with Crippen LogP contribution in [-0.2, 0) is 11.0 Å². The highest BCUT2D eigenvalue weighted by Gasteiger charge is 2.30. The second-order valence-electron chi connectivity index (χ2n) is 3.70. The van der Waals surface area contributed by atoms with E-state index < -0.39 is 24.3 Å². The van der Waals surface area contributed by atoms with Gasteiger partial charge in [0, 0.05) is 5.39 Å². The van der Waals surface area contributed by atoms with Crippen LogP contribution >= 0.6 is 0 Å². The van der Waals surface area contributed by atoms with Crippen LogP contribution in [0.25, 0.3) is 10.9 Å². The van der Waals surface area contributed by atoms with E-state index in [4.69, 9.17) is 5.11 Å². The van der Waals surface area contributed by atoms with Gasteiger partial charge in [0.1, 0.15) is 18.7 Å². The minimum Gasteiger partial charge on any atom is -0.480 e. The van der Waals surface area contributed by atoms with E-state index in [9.17, 15) is 18.0 Å². The molecule has 8 heteroatoms. The summed E-state index contributed by atoms with van der Waals surface area (Å²) in [6.45, 7) is -0.442. The molecule has 1 aromatic carbocycles. The Morgan fingerprint density at radius 1 is 1.32 bits per heavy atom. The van der Waals surface area contributed by atoms with Gasteiger partial charge >= 0.3 is 12.1 Å². The summed E-state index contributed by atoms with van der Waals surface area (Å²) in [5, 5.41) is 11.1. The summed E-state index contributed by atoms with van der Waals surface area (Å²) in [4.78, 5) is 18.0. The zero-order chi connectivity index (χ0) is 14.0. The van der Waals surface area contributed by atoms with E-state index in [0.29, 0.717) is 5.52 Å². The third kappa shape index (κ3) is 2.90. The summed E-state index contributed by atoms with van der Waals surface area (Å²) >= 11 is 0. The number of carbonyl (C=O) groups is 1. The summed E-state index contributed by atoms with van der Waals surface area (Å²) in [5.74, 6) is -1.09. The third-order valence-corrected chi connectivity index (χ3v) is 2.37. The van der Waals surface area contributed by atoms with Crippen LogP contribution in [0.2, 0.25) is 0 Å². The number of fused-ring (bicyclic) bond motifs is 1. The monoisotopic (exact) mass is 271 g/mol. The predicted octanol–water partition coefficient (Wildman–Crippen LogP) is 2.15. The molecule has 2 rings (SSSR count). The Balaban J connectivity index is 2.49. The van der Waals surface area contributed by atoms with Crippen molar-refractivity contribution in [2.24, 2.45) is 0 Å². The standard InChI is InChI=1S/C11H8F3N3O2/c12-11(13,14)6-1-2-8-7(3-6)10(17-5-16-8)15-4-9(18)19/h1-3,5H,4H2,(H,18,19)(H,15,16,17). The Kier molecular flexibility index (Phi) is 3.24. The van der Waals surface area contributed by atoms with Gasteiger partial charge < -0.3 is 10.4 Å². The number of anilines is 1. The van der Waals surface area contributed by atoms with E-state index in [0.717, 1.165) is 18.5 Å². The molecule has 0 fully saturated rings. The predicted molar refractivity (Wildman–Crippen MR) is 60.7 cm³/mol. The lowest BCUT2D eigenvalue weighted by atomic mass is 10.1. The molecule has 2 aromatic rings. The molecule has 0 radical (unpaired) electrons. The van der Waals surface area contributed by atoms with Crippen molar-refractivity contribution in [3.05, 3.63) is 30.1 Å². The number of hydrogen-bond acceptors (Lipinski definition) is 4. The van der Waals surface area contributed by atoms with E-state index in [1.165, 1.54) is 6.07 Å². The van der Waals surface area contributed by atoms with Gasteiger partial charge in [0.15, 0.2) is 0 Å². The topological polar surface area (TPSA) is 75.1 Å². The van der Waals surface area contributed by atoms with Gasteiger partial charge in [-0.05, 0) is 18.2 Å². The molecule has 19 heavy (non-hydrogen) atoms. The number of rotatable bonds is 3. The van der Waals surface area contributed by atoms with Gasteiger partial charge in [-0.2, -0.15) is 13.2 Å². The summed E-state index contributed by atoms with van der Waals surface area (Å²) in [7, 11) is 0. The Morgan fingerprint density at radius 2 is 2.05 bits per heavy atom. The van der Waals surface area contributed by atoms with Crippen LogP contribution in [0, 0.1) is 0 Å². The molecule has 0 aliphatic heterocycles. The van der Waals surface area contributed by atoms with Crippen LogP contribution < -0.4 is 5.32 Å². The second-order valence-corrected chi connectivity index (χ2v) is 3.70. The van der Waals surface area contributed by atoms with Gasteiger partial charge in [0.2, 0.25) is 0 Å². The minimum absolute atomic E-state index is 0.0542. The van der Waals surface area contributed by atoms with E-state index in [1.54, 1.807) is 0 Å². The quantitative estimate of drug-likeness (QED) is 0.894. The average Bonchev–Trinajstić information content (AvgIpc) is 2.34. The van der Waals surface area contributed by atoms with Crippen molar-refractivity contribution < 1.29 is 23.1 Å². The lowest BCUT2D eigenvalue weighted by Crippen LogP contribution is -2.14. The molecule has 0 saturated carbocycles. The molecule has 0 unspecified atom stereocenters. The lowest BCUT2D eigenvalue weighted by Gasteiger charge is -2.10. The Bertz CT molecular complexity index is 628. The van der Waals surface area contributed by atoms with Gasteiger partial charge in [-0.25, -0.2) is 9.97 Å². The number of nitrogens with zero attached hydrogens (tertiary/aromatic N) is 2. The number of hydrogen-bond donors (Lipinski definition) is 2. The molecule has 2 N–H and O–H groups in total. The van der Waals surface area contributed by atoms with Crippen molar-refractivity contribution in [1.82, 2.24) is 9.97 Å². The van der Waals surface area contributed by atoms with Gasteiger partial charge in [-0.15, -0.1) is 0 Å². The summed E-state index contributed by atoms with van der Waals surface area (Å²) in [5.41, 5.74) is -0.538. The summed E-state index contributed by atoms with van der Waals surface area (Å²) < 4.78 is 37.8. The van der Waals surface area contributed by atoms with E-state index in [2.05, 4.69) is 15.3 Å². The number of halogens is 3. The van der Waals surface area contributed by atoms with Gasteiger partial charge in [-0.3, -0.25) is 4.79 Å². The Hall–Kier alpha value is -2.38. The van der Waals surface area contributed by atoms with E-state index in [1.807, 2.05) is 0 Å². The third-order valence-electron chi connectivity index (χ3n) is 2.37. The van der Waals surface area contributed by atoms with Crippen molar-refractivity contribution >= 4 is 22.7 Å². The molecule has 5 nitrogen and oxygen atoms in total. The van der Waals surface area contributed by atoms with Crippen molar-refractivity contribution in [3.63, 3.8) is 0 Å². The minimum atomic E-state index is -4.48. The first-order valence-electron chi connectivity index (χ1n) is 5.15. The number of nitrogens with one attached hydrogen (secondary N) is 1. The second kappa shape index (κ2) is 4.71. The van der Waals surface area contributed by atoms with Crippen LogP contribution in [0.1, 0.15) is 5.56 Å². The summed E-state index contributed by atoms with van der Waals surface area (Å²) in [6, 6.07) is 3.02. The normalized spacial score (nSPS) is 11.5. The number of carboxylic acid groups (broad SMARTS) is 1. The molecule has 1 aromatic heterocycles. The molecular weight excluding hydrogens is 263 g/mol. The molecule has 1 heterocycles. The van der Waals surface area contributed by atoms with Crippen LogP contribution in [0.5, 0.6) is 0 Å². The maximum Gasteiger partial charge on any atom is 0.416 e. The fraction of sp³-hybridized carbons (Fsp3) is 0.182. The number of benzene rings is 1. The smallest absolute Gasteiger partial charge is 0.416 e. The highest BCUT2D eigenvalue weighted by molar-refractivity contribution is 5.90. The zero-order valence-electron chi connectivity index (χ0n) is 9.40. The summed E-state index contributed by atoms with van der Waals surface area (Å²) in [6.07, 6.45) is -3.33. The fourth-order valence-electron chi connectivity index (χ4n) is 1.53. The zero-order valence-corrected chi connectivity index (χ0v) is 9.40. The first-order chi connectivity index (χ1) is 8.88. The first kappa shape index (κ1) is 13.1. The number of carboxylic acids is 1. The molecule has 0 spiro atoms. The van der Waals surface area contributed by atoms with Crippen molar-refractivity contribution in [3.8, 4) is 0 Å². The maximum absolute atomic E-state index is 12.6. The molecule has 0 atom stereocenters. The molecule has 0 saturated heterocycles. The van der Waals surface area contributed by atoms with Crippen LogP contribution in [-0.4, -0.2) is 27.6 Å². The van der Waals surface area contributed by atoms with Gasteiger partial charge in [-0.1, -0.05) is 0 Å². The lowest BCUT2D eigenvalue weighted by molar-refractivity contribution is -0.137. The van der Waals surface area contributed by atoms with Crippen LogP contribution in [0.4, 0.5) is 19.0 Å². The number of alkyl halides is 3. The fourth-order valence-corrected chi connectivity index (χ4v) is 1.53. The molecule has 0 aliphatic rings.